The van der Waals surface area contributed by atoms with Gasteiger partial charge in [-0.25, -0.2) is 0 Å². The third kappa shape index (κ3) is 6.88. The van der Waals surface area contributed by atoms with Crippen molar-refractivity contribution >= 4 is 0 Å². The molecule has 1 atom stereocenters. The molecule has 0 aliphatic carbocycles. The van der Waals surface area contributed by atoms with Gasteiger partial charge in [0.25, 0.3) is 0 Å². The normalized spacial score (nSPS) is 12.4. The van der Waals surface area contributed by atoms with Gasteiger partial charge in [-0.05, 0) is 0 Å². The second-order valence-electron chi connectivity index (χ2n) is 1.00. The Labute approximate surface area is 64.3 Å². The molecule has 4 heteroatoms. The van der Waals surface area contributed by atoms with E-state index in [1.165, 1.54) is 0 Å². The smallest absolute Gasteiger partial charge is 0.853 e. The third-order valence-corrected chi connectivity index (χ3v) is 0.403. The summed E-state index contributed by atoms with van der Waals surface area (Å²) in [4.78, 5) is 0. The van der Waals surface area contributed by atoms with E-state index in [0.717, 1.165) is 0 Å². The molecule has 0 bridgehead atoms. The minimum Gasteiger partial charge on any atom is -0.853 e. The molecule has 0 aliphatic heterocycles. The van der Waals surface area contributed by atoms with Gasteiger partial charge >= 0.3 is 29.6 Å². The van der Waals surface area contributed by atoms with Gasteiger partial charge in [0.1, 0.15) is 0 Å². The topological polar surface area (TPSA) is 63.5 Å². The Hall–Kier alpha value is 0.880. The minimum absolute atomic E-state index is 0. The first kappa shape index (κ1) is 10.8. The van der Waals surface area contributed by atoms with Crippen molar-refractivity contribution in [3.63, 3.8) is 0 Å². The van der Waals surface area contributed by atoms with Gasteiger partial charge in [0.15, 0.2) is 0 Å². The first-order chi connectivity index (χ1) is 2.81. The monoisotopic (exact) mass is 114 g/mol. The molecule has 7 heavy (non-hydrogen) atoms. The van der Waals surface area contributed by atoms with Crippen LogP contribution < -0.4 is 34.7 Å². The van der Waals surface area contributed by atoms with Crippen molar-refractivity contribution in [3.8, 4) is 0 Å². The van der Waals surface area contributed by atoms with Gasteiger partial charge in [0.05, 0.1) is 12.7 Å². The maximum atomic E-state index is 9.45. The number of hydrogen-bond donors (Lipinski definition) is 2. The molecule has 3 nitrogen and oxygen atoms in total. The molecule has 0 amide bonds. The van der Waals surface area contributed by atoms with Crippen molar-refractivity contribution in [1.82, 2.24) is 0 Å². The van der Waals surface area contributed by atoms with Crippen LogP contribution in [0, 0.1) is 0 Å². The van der Waals surface area contributed by atoms with Crippen molar-refractivity contribution in [1.29, 1.82) is 0 Å². The molecule has 0 unspecified atom stereocenters. The summed E-state index contributed by atoms with van der Waals surface area (Å²) in [5.74, 6) is 0. The van der Waals surface area contributed by atoms with Crippen LogP contribution in [0.2, 0.25) is 0 Å². The summed E-state index contributed by atoms with van der Waals surface area (Å²) < 4.78 is 0. The standard InChI is InChI=1S/C3H7O3.Na/c4-1-3(6)2-5;/h3-4,6H,1-2H2;/q-1;+1/t3-;/m1./s1. The van der Waals surface area contributed by atoms with E-state index in [2.05, 4.69) is 0 Å². The van der Waals surface area contributed by atoms with Crippen LogP contribution in [0.5, 0.6) is 0 Å². The molecule has 0 saturated heterocycles. The molecular formula is C3H7NaO3. The van der Waals surface area contributed by atoms with Crippen LogP contribution in [0.25, 0.3) is 0 Å². The SMILES string of the molecule is [Na+].[O-]C[C@H](O)CO. The Morgan fingerprint density at radius 2 is 2.00 bits per heavy atom. The van der Waals surface area contributed by atoms with Crippen LogP contribution in [0.3, 0.4) is 0 Å². The van der Waals surface area contributed by atoms with Gasteiger partial charge in [0, 0.05) is 0 Å². The van der Waals surface area contributed by atoms with Gasteiger partial charge < -0.3 is 15.3 Å². The molecule has 0 rings (SSSR count). The van der Waals surface area contributed by atoms with Gasteiger partial charge in [-0.3, -0.25) is 0 Å². The fourth-order valence-corrected chi connectivity index (χ4v) is 0.0527. The zero-order valence-corrected chi connectivity index (χ0v) is 6.29. The number of hydrogen-bond acceptors (Lipinski definition) is 3. The van der Waals surface area contributed by atoms with Crippen molar-refractivity contribution in [2.24, 2.45) is 0 Å². The number of aliphatic hydroxyl groups excluding tert-OH is 2. The Kier molecular flexibility index (Phi) is 10.6. The molecule has 0 fully saturated rings. The van der Waals surface area contributed by atoms with Crippen LogP contribution in [0.1, 0.15) is 0 Å². The van der Waals surface area contributed by atoms with Crippen molar-refractivity contribution < 1.29 is 44.9 Å². The summed E-state index contributed by atoms with van der Waals surface area (Å²) >= 11 is 0. The predicted molar refractivity (Wildman–Crippen MR) is 18.0 cm³/mol. The summed E-state index contributed by atoms with van der Waals surface area (Å²) in [5, 5.41) is 25.4. The number of rotatable bonds is 2. The van der Waals surface area contributed by atoms with E-state index in [4.69, 9.17) is 10.2 Å². The van der Waals surface area contributed by atoms with Crippen LogP contribution in [0.15, 0.2) is 0 Å². The second-order valence-corrected chi connectivity index (χ2v) is 1.00. The first-order valence-electron chi connectivity index (χ1n) is 1.68. The molecule has 0 radical (unpaired) electrons. The zero-order valence-electron chi connectivity index (χ0n) is 4.29. The van der Waals surface area contributed by atoms with Gasteiger partial charge in [-0.1, -0.05) is 0 Å². The molecule has 38 valence electrons. The van der Waals surface area contributed by atoms with Crippen molar-refractivity contribution in [2.45, 2.75) is 6.10 Å². The summed E-state index contributed by atoms with van der Waals surface area (Å²) in [6, 6.07) is 0. The predicted octanol–water partition coefficient (Wildman–Crippen LogP) is -5.30. The van der Waals surface area contributed by atoms with Gasteiger partial charge in [-0.2, -0.15) is 0 Å². The van der Waals surface area contributed by atoms with E-state index in [1.54, 1.807) is 0 Å². The van der Waals surface area contributed by atoms with E-state index in [0.29, 0.717) is 0 Å². The maximum Gasteiger partial charge on any atom is 1.00 e. The molecule has 0 heterocycles. The summed E-state index contributed by atoms with van der Waals surface area (Å²) in [5.41, 5.74) is 0. The minimum atomic E-state index is -1.06. The molecule has 0 aliphatic rings. The Morgan fingerprint density at radius 3 is 2.00 bits per heavy atom. The average Bonchev–Trinajstić information content (AvgIpc) is 1.65. The van der Waals surface area contributed by atoms with Crippen LogP contribution in [-0.4, -0.2) is 29.5 Å². The van der Waals surface area contributed by atoms with Crippen molar-refractivity contribution in [3.05, 3.63) is 0 Å². The molecule has 0 aromatic heterocycles. The fraction of sp³-hybridized carbons (Fsp3) is 1.00. The van der Waals surface area contributed by atoms with Gasteiger partial charge in [0.2, 0.25) is 0 Å². The molecular weight excluding hydrogens is 107 g/mol. The van der Waals surface area contributed by atoms with Crippen LogP contribution in [-0.2, 0) is 0 Å². The maximum absolute atomic E-state index is 9.45. The van der Waals surface area contributed by atoms with E-state index in [9.17, 15) is 5.11 Å². The van der Waals surface area contributed by atoms with E-state index in [-0.39, 0.29) is 29.6 Å². The third-order valence-electron chi connectivity index (χ3n) is 0.403. The largest absolute Gasteiger partial charge is 1.00 e. The molecule has 0 aromatic carbocycles. The number of aliphatic hydroxyl groups is 2. The van der Waals surface area contributed by atoms with E-state index in [1.807, 2.05) is 0 Å². The van der Waals surface area contributed by atoms with Crippen molar-refractivity contribution in [2.75, 3.05) is 13.2 Å². The zero-order chi connectivity index (χ0) is 4.99. The first-order valence-corrected chi connectivity index (χ1v) is 1.68. The Bertz CT molecular complexity index is 29.4. The average molecular weight is 114 g/mol. The van der Waals surface area contributed by atoms with E-state index < -0.39 is 19.3 Å². The molecule has 0 saturated carbocycles. The summed E-state index contributed by atoms with van der Waals surface area (Å²) in [6.07, 6.45) is -1.06. The van der Waals surface area contributed by atoms with Gasteiger partial charge in [-0.15, -0.1) is 6.61 Å². The van der Waals surface area contributed by atoms with E-state index >= 15 is 0 Å². The molecule has 0 aromatic rings. The quantitative estimate of drug-likeness (QED) is 0.352. The van der Waals surface area contributed by atoms with Crippen LogP contribution in [0.4, 0.5) is 0 Å². The summed E-state index contributed by atoms with van der Waals surface area (Å²) in [7, 11) is 0. The molecule has 0 spiro atoms. The fourth-order valence-electron chi connectivity index (χ4n) is 0.0527. The summed E-state index contributed by atoms with van der Waals surface area (Å²) in [6.45, 7) is -1.04. The molecule has 2 N–H and O–H groups in total. The Balaban J connectivity index is 0. The Morgan fingerprint density at radius 1 is 1.57 bits per heavy atom. The second kappa shape index (κ2) is 6.88. The van der Waals surface area contributed by atoms with Crippen LogP contribution >= 0.6 is 0 Å².